The molecule has 1 N–H and O–H groups in total. The number of amides is 1. The van der Waals surface area contributed by atoms with Crippen molar-refractivity contribution in [2.24, 2.45) is 0 Å². The Morgan fingerprint density at radius 2 is 1.82 bits per heavy atom. The Morgan fingerprint density at radius 1 is 1.03 bits per heavy atom. The van der Waals surface area contributed by atoms with Gasteiger partial charge in [-0.2, -0.15) is 13.2 Å². The van der Waals surface area contributed by atoms with Crippen molar-refractivity contribution in [3.05, 3.63) is 78.4 Å². The number of carbonyl (C=O) groups is 1. The summed E-state index contributed by atoms with van der Waals surface area (Å²) < 4.78 is 39.9. The Morgan fingerprint density at radius 3 is 2.53 bits per heavy atom. The number of nitrogens with one attached hydrogen (secondary N) is 1. The van der Waals surface area contributed by atoms with E-state index in [4.69, 9.17) is 0 Å². The van der Waals surface area contributed by atoms with Crippen LogP contribution in [0.3, 0.4) is 0 Å². The lowest BCUT2D eigenvalue weighted by atomic mass is 9.77. The maximum Gasteiger partial charge on any atom is 0.416 e. The molecule has 10 heteroatoms. The molecule has 34 heavy (non-hydrogen) atoms. The van der Waals surface area contributed by atoms with E-state index in [2.05, 4.69) is 25.3 Å². The average molecular weight is 462 g/mol. The predicted octanol–water partition coefficient (Wildman–Crippen LogP) is 3.49. The third-order valence-electron chi connectivity index (χ3n) is 6.57. The lowest BCUT2D eigenvalue weighted by molar-refractivity contribution is -0.137. The van der Waals surface area contributed by atoms with Gasteiger partial charge in [-0.15, -0.1) is 0 Å². The Kier molecular flexibility index (Phi) is 4.43. The molecule has 5 heterocycles. The minimum absolute atomic E-state index is 0.0428. The number of hydrogen-bond acceptors (Lipinski definition) is 6. The summed E-state index contributed by atoms with van der Waals surface area (Å²) in [5.74, 6) is -0.0428. The Bertz CT molecular complexity index is 1440. The topological polar surface area (TPSA) is 83.9 Å². The predicted molar refractivity (Wildman–Crippen MR) is 118 cm³/mol. The van der Waals surface area contributed by atoms with Crippen LogP contribution in [0.25, 0.3) is 21.9 Å². The van der Waals surface area contributed by atoms with Gasteiger partial charge >= 0.3 is 6.18 Å². The highest BCUT2D eigenvalue weighted by atomic mass is 19.4. The van der Waals surface area contributed by atoms with Gasteiger partial charge in [-0.05, 0) is 29.1 Å². The molecule has 7 nitrogen and oxygen atoms in total. The van der Waals surface area contributed by atoms with Crippen LogP contribution in [0.2, 0.25) is 0 Å². The lowest BCUT2D eigenvalue weighted by Crippen LogP contribution is -2.61. The molecule has 0 bridgehead atoms. The summed E-state index contributed by atoms with van der Waals surface area (Å²) in [7, 11) is 0. The largest absolute Gasteiger partial charge is 0.416 e. The molecule has 3 aromatic heterocycles. The molecular weight excluding hydrogens is 445 g/mol. The highest BCUT2D eigenvalue weighted by Gasteiger charge is 2.54. The van der Waals surface area contributed by atoms with Crippen LogP contribution < -0.4 is 10.2 Å². The summed E-state index contributed by atoms with van der Waals surface area (Å²) in [6, 6.07) is 5.43. The van der Waals surface area contributed by atoms with Gasteiger partial charge in [0.05, 0.1) is 29.7 Å². The van der Waals surface area contributed by atoms with Crippen molar-refractivity contribution in [2.75, 3.05) is 18.0 Å². The number of benzene rings is 1. The van der Waals surface area contributed by atoms with Crippen LogP contribution >= 0.6 is 0 Å². The summed E-state index contributed by atoms with van der Waals surface area (Å²) >= 11 is 0. The number of rotatable bonds is 3. The van der Waals surface area contributed by atoms with Crippen LogP contribution in [0.5, 0.6) is 0 Å². The third-order valence-corrected chi connectivity index (χ3v) is 6.57. The smallest absolute Gasteiger partial charge is 0.314 e. The Hall–Kier alpha value is -3.92. The zero-order chi connectivity index (χ0) is 23.5. The van der Waals surface area contributed by atoms with Crippen LogP contribution in [-0.4, -0.2) is 38.9 Å². The second-order valence-electron chi connectivity index (χ2n) is 8.48. The summed E-state index contributed by atoms with van der Waals surface area (Å²) in [4.78, 5) is 32.1. The van der Waals surface area contributed by atoms with E-state index >= 15 is 0 Å². The molecule has 2 aliphatic rings. The van der Waals surface area contributed by atoms with E-state index in [-0.39, 0.29) is 12.5 Å². The highest BCUT2D eigenvalue weighted by molar-refractivity contribution is 6.09. The van der Waals surface area contributed by atoms with Crippen LogP contribution in [0, 0.1) is 0 Å². The molecule has 4 aromatic rings. The van der Waals surface area contributed by atoms with Gasteiger partial charge in [-0.25, -0.2) is 9.97 Å². The van der Waals surface area contributed by atoms with Crippen molar-refractivity contribution in [3.8, 4) is 11.1 Å². The van der Waals surface area contributed by atoms with E-state index in [0.717, 1.165) is 23.4 Å². The number of anilines is 1. The number of carbonyl (C=O) groups excluding carboxylic acids is 1. The summed E-state index contributed by atoms with van der Waals surface area (Å²) in [5.41, 5.74) is 2.01. The number of nitrogens with zero attached hydrogens (tertiary/aromatic N) is 5. The molecule has 1 saturated heterocycles. The van der Waals surface area contributed by atoms with E-state index in [9.17, 15) is 18.0 Å². The number of aromatic nitrogens is 4. The first-order valence-electron chi connectivity index (χ1n) is 10.6. The number of halogens is 3. The molecule has 0 unspecified atom stereocenters. The minimum Gasteiger partial charge on any atom is -0.314 e. The summed E-state index contributed by atoms with van der Waals surface area (Å²) in [5, 5.41) is 4.10. The number of alkyl halides is 3. The highest BCUT2D eigenvalue weighted by Crippen LogP contribution is 2.45. The van der Waals surface area contributed by atoms with Crippen molar-refractivity contribution in [1.29, 1.82) is 0 Å². The monoisotopic (exact) mass is 462 g/mol. The minimum atomic E-state index is -4.47. The van der Waals surface area contributed by atoms with Gasteiger partial charge in [-0.1, -0.05) is 6.07 Å². The number of fused-ring (bicyclic) bond motifs is 3. The van der Waals surface area contributed by atoms with Gasteiger partial charge in [0, 0.05) is 54.4 Å². The average Bonchev–Trinajstić information content (AvgIpc) is 3.06. The molecule has 1 spiro atoms. The van der Waals surface area contributed by atoms with Crippen molar-refractivity contribution in [1.82, 2.24) is 25.3 Å². The molecule has 1 fully saturated rings. The van der Waals surface area contributed by atoms with Crippen LogP contribution in [0.4, 0.5) is 18.9 Å². The molecule has 170 valence electrons. The van der Waals surface area contributed by atoms with Crippen LogP contribution in [0.15, 0.2) is 61.6 Å². The zero-order valence-corrected chi connectivity index (χ0v) is 17.7. The SMILES string of the molecule is O=C1N(Cc2ncc3cc(C(F)(F)F)ccc3c2-c2cncnc2)c2cnccc2C12CNC2. The maximum atomic E-state index is 13.5. The standard InChI is InChI=1S/C24H17F3N6O/c25-24(26,27)16-1-2-17-14(5-16)8-32-19(21(17)15-6-29-13-30-7-15)10-33-20-9-28-4-3-18(20)23(22(33)34)11-31-12-23/h1-9,13,31H,10-12H2. The van der Waals surface area contributed by atoms with E-state index in [1.807, 2.05) is 6.07 Å². The van der Waals surface area contributed by atoms with Crippen LogP contribution in [0.1, 0.15) is 16.8 Å². The van der Waals surface area contributed by atoms with Crippen molar-refractivity contribution in [3.63, 3.8) is 0 Å². The lowest BCUT2D eigenvalue weighted by Gasteiger charge is -2.38. The molecular formula is C24H17F3N6O. The van der Waals surface area contributed by atoms with Gasteiger partial charge in [-0.3, -0.25) is 14.8 Å². The van der Waals surface area contributed by atoms with Gasteiger partial charge in [0.15, 0.2) is 0 Å². The maximum absolute atomic E-state index is 13.5. The fourth-order valence-electron chi connectivity index (χ4n) is 4.82. The Labute approximate surface area is 191 Å². The normalized spacial score (nSPS) is 16.7. The molecule has 1 amide bonds. The number of hydrogen-bond donors (Lipinski definition) is 1. The first-order valence-corrected chi connectivity index (χ1v) is 10.6. The molecule has 6 rings (SSSR count). The second-order valence-corrected chi connectivity index (χ2v) is 8.48. The number of pyridine rings is 2. The first-order chi connectivity index (χ1) is 16.4. The van der Waals surface area contributed by atoms with E-state index in [0.29, 0.717) is 40.7 Å². The van der Waals surface area contributed by atoms with E-state index in [1.54, 1.807) is 29.7 Å². The fourth-order valence-corrected chi connectivity index (χ4v) is 4.82. The van der Waals surface area contributed by atoms with Gasteiger partial charge in [0.2, 0.25) is 5.91 Å². The van der Waals surface area contributed by atoms with Gasteiger partial charge in [0.25, 0.3) is 0 Å². The zero-order valence-electron chi connectivity index (χ0n) is 17.7. The Balaban J connectivity index is 1.51. The van der Waals surface area contributed by atoms with Gasteiger partial charge < -0.3 is 10.2 Å². The fraction of sp³-hybridized carbons (Fsp3) is 0.208. The molecule has 0 aliphatic carbocycles. The molecule has 0 saturated carbocycles. The molecule has 0 radical (unpaired) electrons. The quantitative estimate of drug-likeness (QED) is 0.502. The van der Waals surface area contributed by atoms with Crippen molar-refractivity contribution >= 4 is 22.4 Å². The van der Waals surface area contributed by atoms with Crippen LogP contribution in [-0.2, 0) is 22.9 Å². The molecule has 2 aliphatic heterocycles. The van der Waals surface area contributed by atoms with Crippen molar-refractivity contribution in [2.45, 2.75) is 18.1 Å². The first kappa shape index (κ1) is 20.7. The van der Waals surface area contributed by atoms with E-state index < -0.39 is 17.2 Å². The van der Waals surface area contributed by atoms with Gasteiger partial charge in [0.1, 0.15) is 11.7 Å². The van der Waals surface area contributed by atoms with E-state index in [1.165, 1.54) is 18.6 Å². The third kappa shape index (κ3) is 2.98. The second kappa shape index (κ2) is 7.29. The molecule has 1 aromatic carbocycles. The summed E-state index contributed by atoms with van der Waals surface area (Å²) in [6.45, 7) is 1.23. The summed E-state index contributed by atoms with van der Waals surface area (Å²) in [6.07, 6.45) is 4.84. The van der Waals surface area contributed by atoms with Crippen molar-refractivity contribution < 1.29 is 18.0 Å². The molecule has 0 atom stereocenters.